The Bertz CT molecular complexity index is 435. The summed E-state index contributed by atoms with van der Waals surface area (Å²) in [6.45, 7) is 5.56. The summed E-state index contributed by atoms with van der Waals surface area (Å²) in [5.41, 5.74) is 1.30. The molecule has 1 saturated carbocycles. The van der Waals surface area contributed by atoms with Crippen molar-refractivity contribution >= 4 is 15.9 Å². The Morgan fingerprint density at radius 3 is 2.85 bits per heavy atom. The minimum absolute atomic E-state index is 0.408. The van der Waals surface area contributed by atoms with Gasteiger partial charge in [-0.1, -0.05) is 48.7 Å². The Balaban J connectivity index is 2.27. The number of hydrogen-bond donors (Lipinski definition) is 1. The molecular weight excluding hydrogens is 314 g/mol. The highest BCUT2D eigenvalue weighted by molar-refractivity contribution is 9.10. The molecule has 112 valence electrons. The summed E-state index contributed by atoms with van der Waals surface area (Å²) in [6.07, 6.45) is 5.37. The highest BCUT2D eigenvalue weighted by Gasteiger charge is 2.29. The summed E-state index contributed by atoms with van der Waals surface area (Å²) >= 11 is 3.53. The second-order valence-corrected chi connectivity index (χ2v) is 6.87. The summed E-state index contributed by atoms with van der Waals surface area (Å²) in [7, 11) is 1.76. The van der Waals surface area contributed by atoms with Gasteiger partial charge in [0.05, 0.1) is 7.11 Å². The highest BCUT2D eigenvalue weighted by atomic mass is 79.9. The second kappa shape index (κ2) is 7.46. The van der Waals surface area contributed by atoms with Gasteiger partial charge in [0.1, 0.15) is 5.75 Å². The molecule has 1 aliphatic rings. The number of benzene rings is 1. The molecule has 0 aliphatic heterocycles. The molecule has 0 aromatic heterocycles. The molecule has 0 amide bonds. The molecule has 3 heteroatoms. The molecule has 2 nitrogen and oxygen atoms in total. The lowest BCUT2D eigenvalue weighted by molar-refractivity contribution is 0.222. The maximum Gasteiger partial charge on any atom is 0.124 e. The van der Waals surface area contributed by atoms with E-state index in [1.54, 1.807) is 7.11 Å². The van der Waals surface area contributed by atoms with E-state index in [1.807, 2.05) is 0 Å². The quantitative estimate of drug-likeness (QED) is 0.820. The summed E-state index contributed by atoms with van der Waals surface area (Å²) in [5, 5.41) is 3.69. The number of hydrogen-bond acceptors (Lipinski definition) is 2. The molecule has 0 heterocycles. The van der Waals surface area contributed by atoms with E-state index in [2.05, 4.69) is 53.3 Å². The summed E-state index contributed by atoms with van der Waals surface area (Å²) in [6, 6.07) is 6.81. The third-order valence-electron chi connectivity index (χ3n) is 4.40. The first kappa shape index (κ1) is 15.8. The van der Waals surface area contributed by atoms with E-state index in [9.17, 15) is 0 Å². The molecule has 0 radical (unpaired) electrons. The Morgan fingerprint density at radius 1 is 1.40 bits per heavy atom. The maximum atomic E-state index is 5.60. The minimum Gasteiger partial charge on any atom is -0.496 e. The Kier molecular flexibility index (Phi) is 5.91. The van der Waals surface area contributed by atoms with E-state index in [-0.39, 0.29) is 0 Å². The van der Waals surface area contributed by atoms with Gasteiger partial charge in [-0.2, -0.15) is 0 Å². The van der Waals surface area contributed by atoms with Crippen molar-refractivity contribution in [1.29, 1.82) is 0 Å². The molecular formula is C17H26BrNO. The van der Waals surface area contributed by atoms with E-state index < -0.39 is 0 Å². The summed E-state index contributed by atoms with van der Waals surface area (Å²) < 4.78 is 6.68. The average molecular weight is 340 g/mol. The van der Waals surface area contributed by atoms with Crippen LogP contribution in [0.3, 0.4) is 0 Å². The van der Waals surface area contributed by atoms with Gasteiger partial charge in [-0.3, -0.25) is 0 Å². The van der Waals surface area contributed by atoms with Crippen molar-refractivity contribution in [3.8, 4) is 5.75 Å². The topological polar surface area (TPSA) is 21.3 Å². The van der Waals surface area contributed by atoms with Crippen molar-refractivity contribution in [3.05, 3.63) is 28.2 Å². The Labute approximate surface area is 131 Å². The van der Waals surface area contributed by atoms with Crippen LogP contribution in [0.4, 0.5) is 0 Å². The molecule has 3 unspecified atom stereocenters. The van der Waals surface area contributed by atoms with Gasteiger partial charge in [-0.25, -0.2) is 0 Å². The molecule has 0 saturated heterocycles. The van der Waals surface area contributed by atoms with Gasteiger partial charge in [0, 0.05) is 16.1 Å². The lowest BCUT2D eigenvalue weighted by Crippen LogP contribution is -2.31. The summed E-state index contributed by atoms with van der Waals surface area (Å²) in [5.74, 6) is 2.55. The molecule has 1 fully saturated rings. The predicted molar refractivity (Wildman–Crippen MR) is 88.2 cm³/mol. The normalized spacial score (nSPS) is 24.4. The number of methoxy groups -OCH3 is 1. The van der Waals surface area contributed by atoms with Crippen molar-refractivity contribution < 1.29 is 4.74 Å². The van der Waals surface area contributed by atoms with Gasteiger partial charge < -0.3 is 10.1 Å². The first-order chi connectivity index (χ1) is 9.65. The van der Waals surface area contributed by atoms with E-state index in [1.165, 1.54) is 31.2 Å². The minimum atomic E-state index is 0.408. The first-order valence-electron chi connectivity index (χ1n) is 7.72. The van der Waals surface area contributed by atoms with Gasteiger partial charge in [0.25, 0.3) is 0 Å². The third-order valence-corrected chi connectivity index (χ3v) is 4.90. The lowest BCUT2D eigenvalue weighted by Gasteiger charge is -2.34. The monoisotopic (exact) mass is 339 g/mol. The molecule has 3 atom stereocenters. The molecule has 0 bridgehead atoms. The van der Waals surface area contributed by atoms with E-state index in [4.69, 9.17) is 4.74 Å². The van der Waals surface area contributed by atoms with Crippen molar-refractivity contribution in [2.24, 2.45) is 11.8 Å². The van der Waals surface area contributed by atoms with Crippen LogP contribution >= 0.6 is 15.9 Å². The molecule has 1 aliphatic carbocycles. The van der Waals surface area contributed by atoms with Crippen LogP contribution in [0.15, 0.2) is 22.7 Å². The van der Waals surface area contributed by atoms with E-state index in [0.717, 1.165) is 22.7 Å². The molecule has 0 spiro atoms. The van der Waals surface area contributed by atoms with Crippen LogP contribution in [0.2, 0.25) is 0 Å². The van der Waals surface area contributed by atoms with Crippen LogP contribution in [-0.4, -0.2) is 13.7 Å². The molecule has 1 aromatic carbocycles. The van der Waals surface area contributed by atoms with Crippen molar-refractivity contribution in [2.45, 2.75) is 45.6 Å². The van der Waals surface area contributed by atoms with Crippen LogP contribution in [0.5, 0.6) is 5.75 Å². The SMILES string of the molecule is CCNC(c1ccc(Br)cc1OC)C1CCCC(C)C1. The number of nitrogens with one attached hydrogen (secondary N) is 1. The fourth-order valence-corrected chi connectivity index (χ4v) is 3.82. The average Bonchev–Trinajstić information content (AvgIpc) is 2.45. The van der Waals surface area contributed by atoms with Gasteiger partial charge >= 0.3 is 0 Å². The maximum absolute atomic E-state index is 5.60. The van der Waals surface area contributed by atoms with Gasteiger partial charge in [-0.05, 0) is 43.4 Å². The zero-order valence-corrected chi connectivity index (χ0v) is 14.4. The molecule has 1 N–H and O–H groups in total. The van der Waals surface area contributed by atoms with Crippen molar-refractivity contribution in [3.63, 3.8) is 0 Å². The second-order valence-electron chi connectivity index (χ2n) is 5.95. The van der Waals surface area contributed by atoms with Crippen LogP contribution in [-0.2, 0) is 0 Å². The fourth-order valence-electron chi connectivity index (χ4n) is 3.48. The Morgan fingerprint density at radius 2 is 2.20 bits per heavy atom. The number of halogens is 1. The van der Waals surface area contributed by atoms with Crippen LogP contribution in [0.1, 0.15) is 51.1 Å². The standard InChI is InChI=1S/C17H26BrNO/c1-4-19-17(13-7-5-6-12(2)10-13)15-9-8-14(18)11-16(15)20-3/h8-9,11-13,17,19H,4-7,10H2,1-3H3. The number of rotatable bonds is 5. The van der Waals surface area contributed by atoms with Gasteiger partial charge in [0.15, 0.2) is 0 Å². The largest absolute Gasteiger partial charge is 0.496 e. The smallest absolute Gasteiger partial charge is 0.124 e. The predicted octanol–water partition coefficient (Wildman–Crippen LogP) is 4.93. The Hall–Kier alpha value is -0.540. The molecule has 1 aromatic rings. The van der Waals surface area contributed by atoms with E-state index >= 15 is 0 Å². The zero-order valence-electron chi connectivity index (χ0n) is 12.8. The van der Waals surface area contributed by atoms with Crippen LogP contribution < -0.4 is 10.1 Å². The third kappa shape index (κ3) is 3.76. The fraction of sp³-hybridized carbons (Fsp3) is 0.647. The first-order valence-corrected chi connectivity index (χ1v) is 8.51. The highest BCUT2D eigenvalue weighted by Crippen LogP contribution is 2.40. The van der Waals surface area contributed by atoms with Crippen molar-refractivity contribution in [1.82, 2.24) is 5.32 Å². The van der Waals surface area contributed by atoms with Crippen LogP contribution in [0, 0.1) is 11.8 Å². The molecule has 2 rings (SSSR count). The molecule has 20 heavy (non-hydrogen) atoms. The van der Waals surface area contributed by atoms with Gasteiger partial charge in [0.2, 0.25) is 0 Å². The van der Waals surface area contributed by atoms with Crippen LogP contribution in [0.25, 0.3) is 0 Å². The zero-order chi connectivity index (χ0) is 14.5. The van der Waals surface area contributed by atoms with Gasteiger partial charge in [-0.15, -0.1) is 0 Å². The van der Waals surface area contributed by atoms with Crippen molar-refractivity contribution in [2.75, 3.05) is 13.7 Å². The number of ether oxygens (including phenoxy) is 1. The van der Waals surface area contributed by atoms with E-state index in [0.29, 0.717) is 12.0 Å². The lowest BCUT2D eigenvalue weighted by atomic mass is 9.76. The summed E-state index contributed by atoms with van der Waals surface area (Å²) in [4.78, 5) is 0.